The number of hydrogen-bond acceptors (Lipinski definition) is 1. The molecule has 2 nitrogen and oxygen atoms in total. The van der Waals surface area contributed by atoms with Gasteiger partial charge in [-0.05, 0) is 41.7 Å². The van der Waals surface area contributed by atoms with Gasteiger partial charge < -0.3 is 4.57 Å². The minimum absolute atomic E-state index is 0.0152. The molecule has 0 amide bonds. The first kappa shape index (κ1) is 18.9. The third-order valence-corrected chi connectivity index (χ3v) is 5.68. The Labute approximate surface area is 165 Å². The molecule has 4 rings (SSSR count). The van der Waals surface area contributed by atoms with Crippen LogP contribution in [-0.4, -0.2) is 16.0 Å². The highest BCUT2D eigenvalue weighted by molar-refractivity contribution is 5.33. The maximum atomic E-state index is 14.4. The number of halogens is 2. The maximum absolute atomic E-state index is 14.4. The molecule has 1 aromatic heterocycles. The van der Waals surface area contributed by atoms with E-state index in [0.717, 1.165) is 19.5 Å². The second-order valence-electron chi connectivity index (χ2n) is 7.89. The maximum Gasteiger partial charge on any atom is 0.163 e. The highest BCUT2D eigenvalue weighted by Crippen LogP contribution is 2.34. The standard InChI is InChI=1S/C24H26F2N2/c1-17(2)18-9-11-19(12-10-18)24-22-8-4-13-27(22)14-5-15-28(24)16-20-6-3-7-21(25)23(20)26/h3-4,6-13,17,24H,5,14-16H2,1-2H3. The second-order valence-corrected chi connectivity index (χ2v) is 7.89. The lowest BCUT2D eigenvalue weighted by molar-refractivity contribution is 0.216. The zero-order chi connectivity index (χ0) is 19.7. The van der Waals surface area contributed by atoms with Gasteiger partial charge in [0, 0.05) is 37.1 Å². The molecule has 0 radical (unpaired) electrons. The fraction of sp³-hybridized carbons (Fsp3) is 0.333. The molecule has 1 aliphatic heterocycles. The number of nitrogens with zero attached hydrogens (tertiary/aromatic N) is 2. The second kappa shape index (κ2) is 7.88. The Balaban J connectivity index is 1.74. The van der Waals surface area contributed by atoms with Crippen LogP contribution in [0.3, 0.4) is 0 Å². The number of aryl methyl sites for hydroxylation is 1. The smallest absolute Gasteiger partial charge is 0.163 e. The summed E-state index contributed by atoms with van der Waals surface area (Å²) in [5, 5.41) is 0. The normalized spacial score (nSPS) is 17.5. The topological polar surface area (TPSA) is 8.17 Å². The molecule has 0 spiro atoms. The number of aromatic nitrogens is 1. The Morgan fingerprint density at radius 2 is 1.75 bits per heavy atom. The summed E-state index contributed by atoms with van der Waals surface area (Å²) >= 11 is 0. The van der Waals surface area contributed by atoms with Gasteiger partial charge >= 0.3 is 0 Å². The summed E-state index contributed by atoms with van der Waals surface area (Å²) in [6.07, 6.45) is 3.08. The average Bonchev–Trinajstić information content (AvgIpc) is 3.07. The molecule has 0 N–H and O–H groups in total. The molecule has 1 atom stereocenters. The molecule has 1 aliphatic rings. The lowest BCUT2D eigenvalue weighted by Crippen LogP contribution is -2.30. The predicted octanol–water partition coefficient (Wildman–Crippen LogP) is 5.89. The van der Waals surface area contributed by atoms with Gasteiger partial charge in [0.25, 0.3) is 0 Å². The average molecular weight is 380 g/mol. The summed E-state index contributed by atoms with van der Waals surface area (Å²) in [6, 6.07) is 17.4. The Kier molecular flexibility index (Phi) is 5.31. The highest BCUT2D eigenvalue weighted by Gasteiger charge is 2.28. The van der Waals surface area contributed by atoms with E-state index in [-0.39, 0.29) is 6.04 Å². The molecule has 0 saturated carbocycles. The summed E-state index contributed by atoms with van der Waals surface area (Å²) in [5.41, 5.74) is 4.09. The predicted molar refractivity (Wildman–Crippen MR) is 108 cm³/mol. The van der Waals surface area contributed by atoms with E-state index in [1.807, 2.05) is 0 Å². The van der Waals surface area contributed by atoms with E-state index < -0.39 is 11.6 Å². The summed E-state index contributed by atoms with van der Waals surface area (Å²) in [6.45, 7) is 6.51. The van der Waals surface area contributed by atoms with Gasteiger partial charge in [-0.2, -0.15) is 0 Å². The molecular formula is C24H26F2N2. The lowest BCUT2D eigenvalue weighted by Gasteiger charge is -2.31. The first-order valence-electron chi connectivity index (χ1n) is 9.96. The van der Waals surface area contributed by atoms with Crippen LogP contribution in [-0.2, 0) is 13.1 Å². The molecule has 28 heavy (non-hydrogen) atoms. The van der Waals surface area contributed by atoms with E-state index in [1.54, 1.807) is 12.1 Å². The van der Waals surface area contributed by atoms with Gasteiger partial charge in [0.1, 0.15) is 0 Å². The first-order valence-corrected chi connectivity index (χ1v) is 9.96. The van der Waals surface area contributed by atoms with Crippen molar-refractivity contribution in [2.45, 2.75) is 45.3 Å². The summed E-state index contributed by atoms with van der Waals surface area (Å²) in [4.78, 5) is 2.26. The molecule has 0 fully saturated rings. The van der Waals surface area contributed by atoms with Gasteiger partial charge in [0.15, 0.2) is 11.6 Å². The fourth-order valence-electron chi connectivity index (χ4n) is 4.14. The summed E-state index contributed by atoms with van der Waals surface area (Å²) in [7, 11) is 0. The van der Waals surface area contributed by atoms with Crippen LogP contribution in [0.5, 0.6) is 0 Å². The van der Waals surface area contributed by atoms with E-state index in [2.05, 4.69) is 65.9 Å². The van der Waals surface area contributed by atoms with E-state index in [0.29, 0.717) is 18.0 Å². The largest absolute Gasteiger partial charge is 0.350 e. The van der Waals surface area contributed by atoms with Crippen molar-refractivity contribution in [1.82, 2.24) is 9.47 Å². The van der Waals surface area contributed by atoms with Crippen LogP contribution in [0.4, 0.5) is 8.78 Å². The number of fused-ring (bicyclic) bond motifs is 1. The molecule has 4 heteroatoms. The van der Waals surface area contributed by atoms with Gasteiger partial charge in [-0.15, -0.1) is 0 Å². The van der Waals surface area contributed by atoms with Crippen LogP contribution in [0.1, 0.15) is 54.6 Å². The molecule has 2 heterocycles. The van der Waals surface area contributed by atoms with Gasteiger partial charge in [-0.25, -0.2) is 8.78 Å². The van der Waals surface area contributed by atoms with E-state index in [4.69, 9.17) is 0 Å². The zero-order valence-electron chi connectivity index (χ0n) is 16.4. The van der Waals surface area contributed by atoms with E-state index in [9.17, 15) is 8.78 Å². The van der Waals surface area contributed by atoms with Crippen molar-refractivity contribution in [2.24, 2.45) is 0 Å². The van der Waals surface area contributed by atoms with Crippen LogP contribution in [0.2, 0.25) is 0 Å². The van der Waals surface area contributed by atoms with Crippen molar-refractivity contribution in [3.63, 3.8) is 0 Å². The Morgan fingerprint density at radius 3 is 2.50 bits per heavy atom. The van der Waals surface area contributed by atoms with Crippen molar-refractivity contribution in [3.8, 4) is 0 Å². The molecule has 1 unspecified atom stereocenters. The van der Waals surface area contributed by atoms with Crippen molar-refractivity contribution < 1.29 is 8.78 Å². The van der Waals surface area contributed by atoms with Crippen LogP contribution in [0.15, 0.2) is 60.8 Å². The van der Waals surface area contributed by atoms with Crippen molar-refractivity contribution in [1.29, 1.82) is 0 Å². The Hall–Kier alpha value is -2.46. The van der Waals surface area contributed by atoms with E-state index in [1.165, 1.54) is 22.9 Å². The van der Waals surface area contributed by atoms with Crippen molar-refractivity contribution >= 4 is 0 Å². The lowest BCUT2D eigenvalue weighted by atomic mass is 9.96. The van der Waals surface area contributed by atoms with Crippen LogP contribution >= 0.6 is 0 Å². The molecule has 0 bridgehead atoms. The summed E-state index contributed by atoms with van der Waals surface area (Å²) in [5.74, 6) is -1.05. The number of benzene rings is 2. The molecular weight excluding hydrogens is 354 g/mol. The zero-order valence-corrected chi connectivity index (χ0v) is 16.4. The quantitative estimate of drug-likeness (QED) is 0.548. The minimum atomic E-state index is -0.784. The SMILES string of the molecule is CC(C)c1ccc(C2c3cccn3CCCN2Cc2cccc(F)c2F)cc1. The van der Waals surface area contributed by atoms with Gasteiger partial charge in [0.2, 0.25) is 0 Å². The van der Waals surface area contributed by atoms with Crippen LogP contribution in [0.25, 0.3) is 0 Å². The van der Waals surface area contributed by atoms with Gasteiger partial charge in [-0.1, -0.05) is 50.2 Å². The van der Waals surface area contributed by atoms with E-state index >= 15 is 0 Å². The van der Waals surface area contributed by atoms with Crippen molar-refractivity contribution in [3.05, 3.63) is 94.8 Å². The highest BCUT2D eigenvalue weighted by atomic mass is 19.2. The number of hydrogen-bond donors (Lipinski definition) is 0. The monoisotopic (exact) mass is 380 g/mol. The first-order chi connectivity index (χ1) is 13.5. The molecule has 3 aromatic rings. The molecule has 0 aliphatic carbocycles. The Bertz CT molecular complexity index is 943. The minimum Gasteiger partial charge on any atom is -0.350 e. The van der Waals surface area contributed by atoms with Crippen molar-refractivity contribution in [2.75, 3.05) is 6.54 Å². The molecule has 0 saturated heterocycles. The van der Waals surface area contributed by atoms with Crippen LogP contribution < -0.4 is 0 Å². The Morgan fingerprint density at radius 1 is 0.964 bits per heavy atom. The fourth-order valence-corrected chi connectivity index (χ4v) is 4.14. The third kappa shape index (κ3) is 3.61. The molecule has 146 valence electrons. The van der Waals surface area contributed by atoms with Gasteiger partial charge in [-0.3, -0.25) is 4.90 Å². The number of rotatable bonds is 4. The van der Waals surface area contributed by atoms with Crippen LogP contribution in [0, 0.1) is 11.6 Å². The third-order valence-electron chi connectivity index (χ3n) is 5.68. The molecule has 2 aromatic carbocycles. The van der Waals surface area contributed by atoms with Gasteiger partial charge in [0.05, 0.1) is 6.04 Å². The summed E-state index contributed by atoms with van der Waals surface area (Å²) < 4.78 is 30.4.